The quantitative estimate of drug-likeness (QED) is 0.528. The third-order valence-electron chi connectivity index (χ3n) is 6.69. The number of ether oxygens (including phenoxy) is 1. The Hall–Kier alpha value is -3.14. The van der Waals surface area contributed by atoms with Crippen molar-refractivity contribution in [2.45, 2.75) is 70.9 Å². The van der Waals surface area contributed by atoms with E-state index in [2.05, 4.69) is 35.4 Å². The number of nitrogens with zero attached hydrogens (tertiary/aromatic N) is 3. The second-order valence-electron chi connectivity index (χ2n) is 10.6. The number of nitrogens with one attached hydrogen (secondary N) is 1. The van der Waals surface area contributed by atoms with Gasteiger partial charge in [0.1, 0.15) is 11.6 Å². The molecule has 196 valence electrons. The highest BCUT2D eigenvalue weighted by Crippen LogP contribution is 2.40. The summed E-state index contributed by atoms with van der Waals surface area (Å²) in [7, 11) is -4.26. The van der Waals surface area contributed by atoms with Crippen molar-refractivity contribution in [3.63, 3.8) is 0 Å². The lowest BCUT2D eigenvalue weighted by atomic mass is 9.87. The molecule has 1 aliphatic rings. The minimum absolute atomic E-state index is 0.0401. The SMILES string of the molecule is CCO/C=C/c1cc(C(=O)NS(=O)(=O)c2cccc(N)n2)c(N2CCC(C)C2(C)C)nc1C(C)(C)C. The number of anilines is 2. The molecule has 9 nitrogen and oxygen atoms in total. The van der Waals surface area contributed by atoms with Crippen LogP contribution in [0.15, 0.2) is 35.6 Å². The largest absolute Gasteiger partial charge is 0.501 e. The third kappa shape index (κ3) is 5.64. The van der Waals surface area contributed by atoms with Crippen LogP contribution in [0.25, 0.3) is 6.08 Å². The van der Waals surface area contributed by atoms with Gasteiger partial charge in [0.25, 0.3) is 15.9 Å². The lowest BCUT2D eigenvalue weighted by molar-refractivity contribution is 0.0981. The van der Waals surface area contributed by atoms with E-state index in [0.717, 1.165) is 12.1 Å². The van der Waals surface area contributed by atoms with Gasteiger partial charge < -0.3 is 15.4 Å². The molecule has 36 heavy (non-hydrogen) atoms. The third-order valence-corrected chi connectivity index (χ3v) is 7.92. The fourth-order valence-corrected chi connectivity index (χ4v) is 5.20. The molecule has 0 aromatic carbocycles. The molecule has 10 heteroatoms. The van der Waals surface area contributed by atoms with Crippen LogP contribution in [0, 0.1) is 5.92 Å². The zero-order valence-corrected chi connectivity index (χ0v) is 22.9. The average molecular weight is 516 g/mol. The number of pyridine rings is 2. The van der Waals surface area contributed by atoms with E-state index in [0.29, 0.717) is 30.5 Å². The minimum atomic E-state index is -4.26. The number of nitrogen functional groups attached to an aromatic ring is 1. The Morgan fingerprint density at radius 2 is 2.00 bits per heavy atom. The van der Waals surface area contributed by atoms with E-state index in [1.807, 2.05) is 27.7 Å². The van der Waals surface area contributed by atoms with Crippen LogP contribution in [-0.2, 0) is 20.2 Å². The molecule has 3 N–H and O–H groups in total. The molecule has 3 rings (SSSR count). The van der Waals surface area contributed by atoms with Gasteiger partial charge in [0.05, 0.1) is 24.1 Å². The van der Waals surface area contributed by atoms with E-state index in [-0.39, 0.29) is 27.4 Å². The summed E-state index contributed by atoms with van der Waals surface area (Å²) in [6, 6.07) is 5.92. The first kappa shape index (κ1) is 27.4. The number of sulfonamides is 1. The van der Waals surface area contributed by atoms with Crippen LogP contribution in [0.5, 0.6) is 0 Å². The molecule has 1 unspecified atom stereocenters. The van der Waals surface area contributed by atoms with Gasteiger partial charge in [-0.25, -0.2) is 14.7 Å². The first-order valence-corrected chi connectivity index (χ1v) is 13.6. The summed E-state index contributed by atoms with van der Waals surface area (Å²) >= 11 is 0. The molecular weight excluding hydrogens is 478 g/mol. The van der Waals surface area contributed by atoms with Crippen molar-refractivity contribution in [1.82, 2.24) is 14.7 Å². The van der Waals surface area contributed by atoms with Crippen molar-refractivity contribution in [3.8, 4) is 0 Å². The Kier molecular flexibility index (Phi) is 7.69. The van der Waals surface area contributed by atoms with Crippen LogP contribution in [0.2, 0.25) is 0 Å². The topological polar surface area (TPSA) is 128 Å². The van der Waals surface area contributed by atoms with Crippen molar-refractivity contribution in [2.24, 2.45) is 5.92 Å². The van der Waals surface area contributed by atoms with Gasteiger partial charge >= 0.3 is 0 Å². The van der Waals surface area contributed by atoms with Gasteiger partial charge in [-0.2, -0.15) is 8.42 Å². The Morgan fingerprint density at radius 3 is 2.56 bits per heavy atom. The van der Waals surface area contributed by atoms with Crippen molar-refractivity contribution >= 4 is 33.6 Å². The number of aromatic nitrogens is 2. The molecule has 3 heterocycles. The lowest BCUT2D eigenvalue weighted by Crippen LogP contribution is -2.44. The zero-order valence-electron chi connectivity index (χ0n) is 22.1. The summed E-state index contributed by atoms with van der Waals surface area (Å²) in [6.07, 6.45) is 4.24. The van der Waals surface area contributed by atoms with Crippen molar-refractivity contribution in [1.29, 1.82) is 0 Å². The second-order valence-corrected chi connectivity index (χ2v) is 12.3. The van der Waals surface area contributed by atoms with Gasteiger partial charge in [0.2, 0.25) is 0 Å². The maximum absolute atomic E-state index is 13.6. The highest BCUT2D eigenvalue weighted by Gasteiger charge is 2.41. The fourth-order valence-electron chi connectivity index (χ4n) is 4.26. The number of hydrogen-bond acceptors (Lipinski definition) is 8. The Balaban J connectivity index is 2.18. The van der Waals surface area contributed by atoms with E-state index in [1.54, 1.807) is 18.4 Å². The highest BCUT2D eigenvalue weighted by molar-refractivity contribution is 7.90. The second kappa shape index (κ2) is 10.1. The number of hydrogen-bond donors (Lipinski definition) is 2. The highest BCUT2D eigenvalue weighted by atomic mass is 32.2. The Bertz CT molecular complexity index is 1270. The molecule has 1 amide bonds. The van der Waals surface area contributed by atoms with Crippen molar-refractivity contribution in [2.75, 3.05) is 23.8 Å². The molecule has 1 aliphatic heterocycles. The summed E-state index contributed by atoms with van der Waals surface area (Å²) in [5.74, 6) is 0.0593. The fraction of sp³-hybridized carbons (Fsp3) is 0.500. The van der Waals surface area contributed by atoms with E-state index >= 15 is 0 Å². The van der Waals surface area contributed by atoms with E-state index in [4.69, 9.17) is 15.5 Å². The molecule has 2 aromatic rings. The van der Waals surface area contributed by atoms with Gasteiger partial charge in [-0.1, -0.05) is 33.8 Å². The molecule has 1 atom stereocenters. The number of amides is 1. The zero-order chi connectivity index (χ0) is 26.9. The minimum Gasteiger partial charge on any atom is -0.501 e. The van der Waals surface area contributed by atoms with Gasteiger partial charge in [-0.15, -0.1) is 0 Å². The molecule has 0 bridgehead atoms. The Morgan fingerprint density at radius 1 is 1.31 bits per heavy atom. The normalized spacial score (nSPS) is 18.0. The first-order chi connectivity index (χ1) is 16.7. The van der Waals surface area contributed by atoms with E-state index in [1.165, 1.54) is 18.2 Å². The number of nitrogens with two attached hydrogens (primary N) is 1. The monoisotopic (exact) mass is 515 g/mol. The van der Waals surface area contributed by atoms with E-state index < -0.39 is 15.9 Å². The molecule has 1 saturated heterocycles. The van der Waals surface area contributed by atoms with Crippen molar-refractivity contribution < 1.29 is 17.9 Å². The molecule has 0 saturated carbocycles. The summed E-state index contributed by atoms with van der Waals surface area (Å²) in [6.45, 7) is 15.6. The average Bonchev–Trinajstić information content (AvgIpc) is 3.04. The predicted molar refractivity (Wildman–Crippen MR) is 142 cm³/mol. The summed E-state index contributed by atoms with van der Waals surface area (Å²) in [5, 5.41) is -0.330. The lowest BCUT2D eigenvalue weighted by Gasteiger charge is -2.37. The summed E-state index contributed by atoms with van der Waals surface area (Å²) in [4.78, 5) is 24.5. The summed E-state index contributed by atoms with van der Waals surface area (Å²) < 4.78 is 33.5. The number of carbonyl (C=O) groups excluding carboxylic acids is 1. The van der Waals surface area contributed by atoms with Crippen LogP contribution in [-0.4, -0.2) is 43.0 Å². The first-order valence-electron chi connectivity index (χ1n) is 12.1. The van der Waals surface area contributed by atoms with Crippen molar-refractivity contribution in [3.05, 3.63) is 47.3 Å². The van der Waals surface area contributed by atoms with Crippen LogP contribution in [0.1, 0.15) is 76.5 Å². The molecule has 0 spiro atoms. The van der Waals surface area contributed by atoms with Gasteiger partial charge in [0, 0.05) is 23.1 Å². The number of rotatable bonds is 7. The molecule has 2 aromatic heterocycles. The van der Waals surface area contributed by atoms with Crippen LogP contribution < -0.4 is 15.4 Å². The van der Waals surface area contributed by atoms with Crippen LogP contribution >= 0.6 is 0 Å². The molecule has 0 radical (unpaired) electrons. The van der Waals surface area contributed by atoms with Crippen LogP contribution in [0.3, 0.4) is 0 Å². The predicted octanol–water partition coefficient (Wildman–Crippen LogP) is 4.11. The smallest absolute Gasteiger partial charge is 0.281 e. The van der Waals surface area contributed by atoms with Gasteiger partial charge in [-0.3, -0.25) is 4.79 Å². The van der Waals surface area contributed by atoms with Gasteiger partial charge in [0.15, 0.2) is 5.03 Å². The van der Waals surface area contributed by atoms with Gasteiger partial charge in [-0.05, 0) is 57.4 Å². The maximum Gasteiger partial charge on any atom is 0.281 e. The molecular formula is C26H37N5O4S. The van der Waals surface area contributed by atoms with Crippen LogP contribution in [0.4, 0.5) is 11.6 Å². The van der Waals surface area contributed by atoms with E-state index in [9.17, 15) is 13.2 Å². The molecule has 0 aliphatic carbocycles. The maximum atomic E-state index is 13.6. The summed E-state index contributed by atoms with van der Waals surface area (Å²) in [5.41, 5.74) is 6.64. The Labute approximate surface area is 214 Å². The standard InChI is InChI=1S/C26H37N5O4S/c1-8-35-15-13-18-16-19(24(32)30-36(33,34)21-11-9-10-20(27)28-21)23(29-22(18)25(3,4)5)31-14-12-17(2)26(31,6)7/h9-11,13,15-17H,8,12,14H2,1-7H3,(H2,27,28)(H,30,32)/b15-13+. The molecule has 1 fully saturated rings. The number of carbonyl (C=O) groups is 1.